The van der Waals surface area contributed by atoms with E-state index in [0.29, 0.717) is 12.1 Å². The minimum Gasteiger partial charge on any atom is -0.385 e. The molecule has 5 heteroatoms. The number of rotatable bonds is 6. The van der Waals surface area contributed by atoms with E-state index in [-0.39, 0.29) is 6.04 Å². The second-order valence-electron chi connectivity index (χ2n) is 4.71. The van der Waals surface area contributed by atoms with Gasteiger partial charge in [0.15, 0.2) is 0 Å². The fourth-order valence-electron chi connectivity index (χ4n) is 2.24. The molecule has 0 amide bonds. The molecule has 1 aromatic rings. The molecule has 1 fully saturated rings. The van der Waals surface area contributed by atoms with E-state index >= 15 is 0 Å². The van der Waals surface area contributed by atoms with Crippen molar-refractivity contribution in [1.29, 1.82) is 0 Å². The van der Waals surface area contributed by atoms with Crippen LogP contribution in [0.5, 0.6) is 0 Å². The van der Waals surface area contributed by atoms with Gasteiger partial charge in [-0.05, 0) is 25.5 Å². The standard InChI is InChI=1S/C13H22N4O/c1-10(6-8-18-2)16-12-9-15-17-13(12)11-5-3-4-7-14-11/h3-5,7,10,12-13,15-17H,6,8-9H2,1-2H3. The highest BCUT2D eigenvalue weighted by Crippen LogP contribution is 2.17. The lowest BCUT2D eigenvalue weighted by Gasteiger charge is -2.23. The highest BCUT2D eigenvalue weighted by molar-refractivity contribution is 5.13. The number of hydrazine groups is 1. The van der Waals surface area contributed by atoms with E-state index in [0.717, 1.165) is 25.3 Å². The Morgan fingerprint density at radius 2 is 2.44 bits per heavy atom. The van der Waals surface area contributed by atoms with Crippen LogP contribution in [-0.4, -0.2) is 37.3 Å². The zero-order valence-electron chi connectivity index (χ0n) is 11.0. The predicted octanol–water partition coefficient (Wildman–Crippen LogP) is 0.614. The maximum atomic E-state index is 5.10. The first-order valence-corrected chi connectivity index (χ1v) is 6.45. The van der Waals surface area contributed by atoms with Gasteiger partial charge >= 0.3 is 0 Å². The molecule has 0 radical (unpaired) electrons. The average molecular weight is 250 g/mol. The van der Waals surface area contributed by atoms with E-state index in [4.69, 9.17) is 4.74 Å². The third kappa shape index (κ3) is 3.49. The maximum absolute atomic E-state index is 5.10. The van der Waals surface area contributed by atoms with Crippen molar-refractivity contribution >= 4 is 0 Å². The number of methoxy groups -OCH3 is 1. The van der Waals surface area contributed by atoms with E-state index in [1.54, 1.807) is 7.11 Å². The largest absolute Gasteiger partial charge is 0.385 e. The lowest BCUT2D eigenvalue weighted by molar-refractivity contribution is 0.182. The molecule has 1 aliphatic heterocycles. The van der Waals surface area contributed by atoms with Crippen molar-refractivity contribution in [3.05, 3.63) is 30.1 Å². The van der Waals surface area contributed by atoms with E-state index in [2.05, 4.69) is 34.1 Å². The third-order valence-corrected chi connectivity index (χ3v) is 3.24. The summed E-state index contributed by atoms with van der Waals surface area (Å²) in [4.78, 5) is 4.41. The smallest absolute Gasteiger partial charge is 0.0800 e. The highest BCUT2D eigenvalue weighted by atomic mass is 16.5. The third-order valence-electron chi connectivity index (χ3n) is 3.24. The minimum atomic E-state index is 0.219. The summed E-state index contributed by atoms with van der Waals surface area (Å²) in [5, 5.41) is 3.62. The normalized spacial score (nSPS) is 25.2. The van der Waals surface area contributed by atoms with Gasteiger partial charge in [0.1, 0.15) is 0 Å². The SMILES string of the molecule is COCCC(C)NC1CNNC1c1ccccn1. The minimum absolute atomic E-state index is 0.219. The van der Waals surface area contributed by atoms with Gasteiger partial charge in [0.05, 0.1) is 11.7 Å². The van der Waals surface area contributed by atoms with Crippen LogP contribution in [0, 0.1) is 0 Å². The predicted molar refractivity (Wildman–Crippen MR) is 71.0 cm³/mol. The number of nitrogens with one attached hydrogen (secondary N) is 3. The summed E-state index contributed by atoms with van der Waals surface area (Å²) in [6.45, 7) is 3.88. The van der Waals surface area contributed by atoms with Gasteiger partial charge in [0, 0.05) is 38.5 Å². The molecule has 1 aromatic heterocycles. The van der Waals surface area contributed by atoms with Crippen LogP contribution >= 0.6 is 0 Å². The Bertz CT molecular complexity index is 346. The summed E-state index contributed by atoms with van der Waals surface area (Å²) in [5.41, 5.74) is 7.55. The molecule has 5 nitrogen and oxygen atoms in total. The molecule has 3 atom stereocenters. The molecule has 1 aliphatic rings. The van der Waals surface area contributed by atoms with Gasteiger partial charge in [0.25, 0.3) is 0 Å². The van der Waals surface area contributed by atoms with E-state index < -0.39 is 0 Å². The average Bonchev–Trinajstić information content (AvgIpc) is 2.85. The van der Waals surface area contributed by atoms with Crippen LogP contribution in [0.3, 0.4) is 0 Å². The summed E-state index contributed by atoms with van der Waals surface area (Å²) in [7, 11) is 1.74. The fraction of sp³-hybridized carbons (Fsp3) is 0.615. The van der Waals surface area contributed by atoms with Crippen LogP contribution in [0.4, 0.5) is 0 Å². The van der Waals surface area contributed by atoms with E-state index in [1.165, 1.54) is 0 Å². The lowest BCUT2D eigenvalue weighted by Crippen LogP contribution is -2.42. The van der Waals surface area contributed by atoms with Crippen molar-refractivity contribution in [2.75, 3.05) is 20.3 Å². The number of nitrogens with zero attached hydrogens (tertiary/aromatic N) is 1. The van der Waals surface area contributed by atoms with Gasteiger partial charge in [-0.25, -0.2) is 5.43 Å². The molecular formula is C13H22N4O. The van der Waals surface area contributed by atoms with Gasteiger partial charge < -0.3 is 10.1 Å². The maximum Gasteiger partial charge on any atom is 0.0800 e. The molecule has 0 aliphatic carbocycles. The Labute approximate surface area is 108 Å². The van der Waals surface area contributed by atoms with Gasteiger partial charge in [-0.1, -0.05) is 6.07 Å². The van der Waals surface area contributed by atoms with Crippen molar-refractivity contribution in [2.45, 2.75) is 31.5 Å². The molecule has 100 valence electrons. The second-order valence-corrected chi connectivity index (χ2v) is 4.71. The quantitative estimate of drug-likeness (QED) is 0.691. The van der Waals surface area contributed by atoms with Crippen molar-refractivity contribution in [1.82, 2.24) is 21.2 Å². The van der Waals surface area contributed by atoms with Crippen LogP contribution in [-0.2, 0) is 4.74 Å². The number of hydrogen-bond donors (Lipinski definition) is 3. The van der Waals surface area contributed by atoms with Crippen LogP contribution in [0.1, 0.15) is 25.1 Å². The van der Waals surface area contributed by atoms with Crippen LogP contribution < -0.4 is 16.2 Å². The van der Waals surface area contributed by atoms with Crippen LogP contribution in [0.15, 0.2) is 24.4 Å². The molecule has 2 rings (SSSR count). The molecule has 18 heavy (non-hydrogen) atoms. The first kappa shape index (κ1) is 13.4. The molecule has 2 heterocycles. The summed E-state index contributed by atoms with van der Waals surface area (Å²) in [6, 6.07) is 7.02. The monoisotopic (exact) mass is 250 g/mol. The topological polar surface area (TPSA) is 58.2 Å². The Morgan fingerprint density at radius 3 is 3.17 bits per heavy atom. The Kier molecular flexibility index (Phi) is 5.07. The lowest BCUT2D eigenvalue weighted by atomic mass is 10.0. The van der Waals surface area contributed by atoms with Crippen molar-refractivity contribution in [3.8, 4) is 0 Å². The molecular weight excluding hydrogens is 228 g/mol. The first-order valence-electron chi connectivity index (χ1n) is 6.45. The van der Waals surface area contributed by atoms with E-state index in [9.17, 15) is 0 Å². The Hall–Kier alpha value is -1.01. The van der Waals surface area contributed by atoms with Gasteiger partial charge in [0.2, 0.25) is 0 Å². The van der Waals surface area contributed by atoms with Crippen molar-refractivity contribution < 1.29 is 4.74 Å². The van der Waals surface area contributed by atoms with Gasteiger partial charge in [-0.3, -0.25) is 10.4 Å². The highest BCUT2D eigenvalue weighted by Gasteiger charge is 2.29. The van der Waals surface area contributed by atoms with Gasteiger partial charge in [-0.15, -0.1) is 0 Å². The molecule has 1 saturated heterocycles. The Morgan fingerprint density at radius 1 is 1.56 bits per heavy atom. The summed E-state index contributed by atoms with van der Waals surface area (Å²) >= 11 is 0. The van der Waals surface area contributed by atoms with Gasteiger partial charge in [-0.2, -0.15) is 0 Å². The molecule has 0 spiro atoms. The number of pyridine rings is 1. The van der Waals surface area contributed by atoms with Crippen LogP contribution in [0.2, 0.25) is 0 Å². The van der Waals surface area contributed by atoms with Crippen molar-refractivity contribution in [3.63, 3.8) is 0 Å². The van der Waals surface area contributed by atoms with Crippen molar-refractivity contribution in [2.24, 2.45) is 0 Å². The number of hydrogen-bond acceptors (Lipinski definition) is 5. The summed E-state index contributed by atoms with van der Waals surface area (Å²) < 4.78 is 5.10. The first-order chi connectivity index (χ1) is 8.81. The molecule has 3 N–H and O–H groups in total. The molecule has 0 saturated carbocycles. The zero-order valence-corrected chi connectivity index (χ0v) is 11.0. The molecule has 0 bridgehead atoms. The molecule has 3 unspecified atom stereocenters. The van der Waals surface area contributed by atoms with Crippen LogP contribution in [0.25, 0.3) is 0 Å². The number of aromatic nitrogens is 1. The fourth-order valence-corrected chi connectivity index (χ4v) is 2.24. The number of ether oxygens (including phenoxy) is 1. The Balaban J connectivity index is 1.91. The summed E-state index contributed by atoms with van der Waals surface area (Å²) in [6.07, 6.45) is 2.85. The zero-order chi connectivity index (χ0) is 12.8. The summed E-state index contributed by atoms with van der Waals surface area (Å²) in [5.74, 6) is 0. The molecule has 0 aromatic carbocycles. The van der Waals surface area contributed by atoms with E-state index in [1.807, 2.05) is 18.3 Å². The second kappa shape index (κ2) is 6.80.